The zero-order chi connectivity index (χ0) is 55.0. The first-order valence-electron chi connectivity index (χ1n) is 29.3. The molecule has 5 aromatic carbocycles. The van der Waals surface area contributed by atoms with Crippen molar-refractivity contribution in [2.24, 2.45) is 0 Å². The molecule has 0 amide bonds. The Kier molecular flexibility index (Phi) is 25.7. The summed E-state index contributed by atoms with van der Waals surface area (Å²) in [6.07, 6.45) is 32.2. The lowest BCUT2D eigenvalue weighted by molar-refractivity contribution is 0.0734. The number of carbonyl (C=O) groups is 1. The van der Waals surface area contributed by atoms with Crippen molar-refractivity contribution in [3.05, 3.63) is 162 Å². The predicted octanol–water partition coefficient (Wildman–Crippen LogP) is 17.2. The molecule has 79 heavy (non-hydrogen) atoms. The Morgan fingerprint density at radius 3 is 1.25 bits per heavy atom. The van der Waals surface area contributed by atoms with Gasteiger partial charge < -0.3 is 23.7 Å². The van der Waals surface area contributed by atoms with Crippen molar-refractivity contribution in [2.45, 2.75) is 155 Å². The average molecular weight is 1060 g/mol. The number of rotatable bonds is 37. The van der Waals surface area contributed by atoms with Crippen LogP contribution >= 0.6 is 0 Å². The molecule has 11 nitrogen and oxygen atoms in total. The fourth-order valence-electron chi connectivity index (χ4n) is 9.28. The Balaban J connectivity index is 0.818. The normalized spacial score (nSPS) is 11.0. The molecule has 0 saturated heterocycles. The maximum atomic E-state index is 13.5. The van der Waals surface area contributed by atoms with E-state index in [2.05, 4.69) is 88.4 Å². The van der Waals surface area contributed by atoms with Crippen LogP contribution in [0.3, 0.4) is 0 Å². The molecule has 0 spiro atoms. The van der Waals surface area contributed by atoms with E-state index in [1.165, 1.54) is 88.2 Å². The molecule has 7 aromatic rings. The zero-order valence-electron chi connectivity index (χ0n) is 46.8. The summed E-state index contributed by atoms with van der Waals surface area (Å²) in [5.41, 5.74) is 7.61. The van der Waals surface area contributed by atoms with Gasteiger partial charge in [-0.25, -0.2) is 24.7 Å². The van der Waals surface area contributed by atoms with Crippen LogP contribution in [0.4, 0.5) is 0 Å². The smallest absolute Gasteiger partial charge is 0.343 e. The molecule has 0 aliphatic carbocycles. The Bertz CT molecular complexity index is 2850. The molecule has 0 atom stereocenters. The first-order valence-corrected chi connectivity index (χ1v) is 29.3. The molecule has 0 aliphatic heterocycles. The molecule has 0 bridgehead atoms. The summed E-state index contributed by atoms with van der Waals surface area (Å²) in [6.45, 7) is 6.63. The zero-order valence-corrected chi connectivity index (χ0v) is 46.8. The van der Waals surface area contributed by atoms with Crippen molar-refractivity contribution in [2.75, 3.05) is 26.4 Å². The number of benzene rings is 5. The second-order valence-corrected chi connectivity index (χ2v) is 20.4. The Labute approximate surface area is 470 Å². The highest BCUT2D eigenvalue weighted by Crippen LogP contribution is 2.31. The highest BCUT2D eigenvalue weighted by atomic mass is 16.5. The van der Waals surface area contributed by atoms with Gasteiger partial charge in [-0.2, -0.15) is 5.26 Å². The molecule has 0 fully saturated rings. The van der Waals surface area contributed by atoms with E-state index in [4.69, 9.17) is 28.9 Å². The second-order valence-electron chi connectivity index (χ2n) is 20.4. The van der Waals surface area contributed by atoms with Crippen molar-refractivity contribution in [1.82, 2.24) is 19.9 Å². The van der Waals surface area contributed by atoms with Gasteiger partial charge in [0.2, 0.25) is 0 Å². The number of unbranched alkanes of at least 4 members (excludes halogenated alkanes) is 16. The van der Waals surface area contributed by atoms with Gasteiger partial charge in [-0.05, 0) is 142 Å². The minimum absolute atomic E-state index is 0.358. The van der Waals surface area contributed by atoms with Gasteiger partial charge in [0.25, 0.3) is 0 Å². The van der Waals surface area contributed by atoms with Gasteiger partial charge in [-0.15, -0.1) is 0 Å². The minimum Gasteiger partial charge on any atom is -0.490 e. The quantitative estimate of drug-likeness (QED) is 0.0209. The summed E-state index contributed by atoms with van der Waals surface area (Å²) in [7, 11) is 0. The number of nitrogens with zero attached hydrogens (tertiary/aromatic N) is 5. The third-order valence-electron chi connectivity index (χ3n) is 14.0. The minimum atomic E-state index is -0.497. The number of nitriles is 1. The summed E-state index contributed by atoms with van der Waals surface area (Å²) in [5, 5.41) is 9.16. The highest BCUT2D eigenvalue weighted by molar-refractivity contribution is 5.92. The lowest BCUT2D eigenvalue weighted by atomic mass is 10.0. The summed E-state index contributed by atoms with van der Waals surface area (Å²) >= 11 is 0. The summed E-state index contributed by atoms with van der Waals surface area (Å²) in [4.78, 5) is 31.8. The van der Waals surface area contributed by atoms with Crippen LogP contribution in [-0.4, -0.2) is 52.3 Å². The fraction of sp³-hybridized carbons (Fsp3) is 0.412. The predicted molar refractivity (Wildman–Crippen MR) is 316 cm³/mol. The molecule has 7 rings (SSSR count). The van der Waals surface area contributed by atoms with Crippen molar-refractivity contribution in [3.8, 4) is 68.7 Å². The molecule has 0 aliphatic rings. The van der Waals surface area contributed by atoms with Crippen LogP contribution in [0.25, 0.3) is 33.9 Å². The number of hydrogen-bond acceptors (Lipinski definition) is 11. The van der Waals surface area contributed by atoms with Gasteiger partial charge in [0.15, 0.2) is 34.6 Å². The number of ether oxygens (including phenoxy) is 5. The third kappa shape index (κ3) is 21.0. The van der Waals surface area contributed by atoms with Crippen molar-refractivity contribution in [1.29, 1.82) is 5.26 Å². The molecule has 11 heteroatoms. The number of esters is 1. The van der Waals surface area contributed by atoms with E-state index in [1.807, 2.05) is 24.3 Å². The van der Waals surface area contributed by atoms with Gasteiger partial charge in [0, 0.05) is 11.1 Å². The average Bonchev–Trinajstić information content (AvgIpc) is 3.50. The molecule has 0 unspecified atom stereocenters. The van der Waals surface area contributed by atoms with Crippen molar-refractivity contribution in [3.63, 3.8) is 0 Å². The van der Waals surface area contributed by atoms with Crippen LogP contribution in [-0.2, 0) is 12.8 Å². The lowest BCUT2D eigenvalue weighted by Gasteiger charge is -2.14. The number of carbonyl (C=O) groups excluding carboxylic acids is 1. The standard InChI is InChI=1S/C68H81N5O6/c1-3-5-7-9-11-17-23-53-25-33-58(34-26-53)66-70-49-62(50-71-66)75-43-19-13-15-21-45-77-64-42-39-60(68(74)79-61-40-37-57(38-41-61)56-31-29-55(48-69)30-32-56)47-65(64)78-46-22-16-14-20-44-76-63-51-72-67(73-52-63)59-35-27-54(28-36-59)24-18-12-10-8-6-4-2/h25-42,47,49-52H,3-24,43-46H2,1-2H3. The topological polar surface area (TPSA) is 139 Å². The summed E-state index contributed by atoms with van der Waals surface area (Å²) < 4.78 is 30.3. The third-order valence-corrected chi connectivity index (χ3v) is 14.0. The van der Waals surface area contributed by atoms with E-state index < -0.39 is 5.97 Å². The number of aromatic nitrogens is 4. The molecule has 0 saturated carbocycles. The molecule has 2 heterocycles. The van der Waals surface area contributed by atoms with Gasteiger partial charge >= 0.3 is 5.97 Å². The van der Waals surface area contributed by atoms with E-state index >= 15 is 0 Å². The maximum absolute atomic E-state index is 13.5. The monoisotopic (exact) mass is 1060 g/mol. The first-order chi connectivity index (χ1) is 39.0. The molecule has 0 N–H and O–H groups in total. The molecule has 2 aromatic heterocycles. The van der Waals surface area contributed by atoms with Crippen molar-refractivity contribution < 1.29 is 28.5 Å². The molecular formula is C68H81N5O6. The lowest BCUT2D eigenvalue weighted by Crippen LogP contribution is -2.10. The first kappa shape index (κ1) is 59.1. The van der Waals surface area contributed by atoms with E-state index in [-0.39, 0.29) is 0 Å². The maximum Gasteiger partial charge on any atom is 0.343 e. The Morgan fingerprint density at radius 2 is 0.797 bits per heavy atom. The van der Waals surface area contributed by atoms with Gasteiger partial charge in [0.05, 0.1) is 68.4 Å². The van der Waals surface area contributed by atoms with E-state index in [0.717, 1.165) is 86.5 Å². The van der Waals surface area contributed by atoms with Crippen LogP contribution in [0.2, 0.25) is 0 Å². The van der Waals surface area contributed by atoms with Gasteiger partial charge in [0.1, 0.15) is 5.75 Å². The van der Waals surface area contributed by atoms with Crippen LogP contribution in [0.1, 0.15) is 169 Å². The van der Waals surface area contributed by atoms with Gasteiger partial charge in [-0.3, -0.25) is 0 Å². The van der Waals surface area contributed by atoms with E-state index in [1.54, 1.807) is 67.3 Å². The number of hydrogen-bond donors (Lipinski definition) is 0. The fourth-order valence-corrected chi connectivity index (χ4v) is 9.28. The van der Waals surface area contributed by atoms with Gasteiger partial charge in [-0.1, -0.05) is 151 Å². The molecule has 0 radical (unpaired) electrons. The second kappa shape index (κ2) is 34.3. The SMILES string of the molecule is CCCCCCCCc1ccc(-c2ncc(OCCCCCCOc3ccc(C(=O)Oc4ccc(-c5ccc(C#N)cc5)cc4)cc3OCCCCCCOc3cnc(-c4ccc(CCCCCCCC)cc4)nc3)cn2)cc1. The summed E-state index contributed by atoms with van der Waals surface area (Å²) in [5.74, 6) is 3.74. The Morgan fingerprint density at radius 1 is 0.405 bits per heavy atom. The molecular weight excluding hydrogens is 983 g/mol. The van der Waals surface area contributed by atoms with Crippen LogP contribution in [0.15, 0.2) is 140 Å². The van der Waals surface area contributed by atoms with E-state index in [0.29, 0.717) is 78.0 Å². The van der Waals surface area contributed by atoms with Crippen LogP contribution in [0.5, 0.6) is 28.7 Å². The largest absolute Gasteiger partial charge is 0.490 e. The Hall–Kier alpha value is -7.58. The van der Waals surface area contributed by atoms with Crippen LogP contribution < -0.4 is 23.7 Å². The summed E-state index contributed by atoms with van der Waals surface area (Å²) in [6, 6.07) is 39.3. The highest BCUT2D eigenvalue weighted by Gasteiger charge is 2.15. The van der Waals surface area contributed by atoms with Crippen LogP contribution in [0, 0.1) is 11.3 Å². The number of aryl methyl sites for hydroxylation is 2. The van der Waals surface area contributed by atoms with Crippen molar-refractivity contribution >= 4 is 5.97 Å². The van der Waals surface area contributed by atoms with E-state index in [9.17, 15) is 4.79 Å². The molecule has 414 valence electrons.